The number of nitrogens with zero attached hydrogens (tertiary/aromatic N) is 3. The first kappa shape index (κ1) is 18.5. The van der Waals surface area contributed by atoms with Gasteiger partial charge in [0.2, 0.25) is 0 Å². The smallest absolute Gasteiger partial charge is 0.276 e. The maximum atomic E-state index is 12.9. The van der Waals surface area contributed by atoms with E-state index in [1.54, 1.807) is 12.1 Å². The molecule has 1 N–H and O–H groups in total. The molecule has 0 unspecified atom stereocenters. The maximum Gasteiger partial charge on any atom is 0.276 e. The summed E-state index contributed by atoms with van der Waals surface area (Å²) in [6, 6.07) is 19.3. The first-order valence-electron chi connectivity index (χ1n) is 8.74. The number of amides is 1. The van der Waals surface area contributed by atoms with Gasteiger partial charge in [-0.05, 0) is 55.8 Å². The van der Waals surface area contributed by atoms with Crippen molar-refractivity contribution >= 4 is 17.4 Å². The lowest BCUT2D eigenvalue weighted by Crippen LogP contribution is -2.31. The van der Waals surface area contributed by atoms with Crippen molar-refractivity contribution in [2.45, 2.75) is 26.4 Å². The zero-order chi connectivity index (χ0) is 19.2. The van der Waals surface area contributed by atoms with Crippen LogP contribution in [0.15, 0.2) is 66.7 Å². The summed E-state index contributed by atoms with van der Waals surface area (Å²) in [5.41, 5.74) is 1.87. The van der Waals surface area contributed by atoms with Crippen LogP contribution in [0, 0.1) is 5.82 Å². The summed E-state index contributed by atoms with van der Waals surface area (Å²) in [4.78, 5) is 14.4. The Bertz CT molecular complexity index is 880. The van der Waals surface area contributed by atoms with Gasteiger partial charge in [0.15, 0.2) is 11.5 Å². The molecule has 0 aliphatic carbocycles. The van der Waals surface area contributed by atoms with Gasteiger partial charge in [-0.25, -0.2) is 4.39 Å². The standard InChI is InChI=1S/C21H21FN4O/c1-15(2)26(14-16-6-4-3-5-7-16)20-13-12-19(24-25-20)21(27)23-18-10-8-17(22)9-11-18/h3-13,15H,14H2,1-2H3,(H,23,27). The first-order valence-corrected chi connectivity index (χ1v) is 8.74. The second-order valence-electron chi connectivity index (χ2n) is 6.45. The Morgan fingerprint density at radius 3 is 2.30 bits per heavy atom. The number of benzene rings is 2. The number of halogens is 1. The number of carbonyl (C=O) groups excluding carboxylic acids is 1. The summed E-state index contributed by atoms with van der Waals surface area (Å²) in [6.45, 7) is 4.87. The average molecular weight is 364 g/mol. The van der Waals surface area contributed by atoms with Crippen LogP contribution >= 0.6 is 0 Å². The largest absolute Gasteiger partial charge is 0.348 e. The molecule has 3 aromatic rings. The quantitative estimate of drug-likeness (QED) is 0.709. The molecule has 1 aromatic heterocycles. The topological polar surface area (TPSA) is 58.1 Å². The lowest BCUT2D eigenvalue weighted by atomic mass is 10.2. The molecule has 0 spiro atoms. The Labute approximate surface area is 157 Å². The molecule has 1 heterocycles. The van der Waals surface area contributed by atoms with Crippen LogP contribution in [0.2, 0.25) is 0 Å². The van der Waals surface area contributed by atoms with E-state index in [0.717, 1.165) is 0 Å². The molecular weight excluding hydrogens is 343 g/mol. The normalized spacial score (nSPS) is 10.7. The molecule has 0 saturated heterocycles. The van der Waals surface area contributed by atoms with Gasteiger partial charge in [0.1, 0.15) is 5.82 Å². The molecule has 0 saturated carbocycles. The molecule has 0 aliphatic rings. The minimum atomic E-state index is -0.389. The second kappa shape index (κ2) is 8.40. The number of hydrogen-bond donors (Lipinski definition) is 1. The fourth-order valence-corrected chi connectivity index (χ4v) is 2.64. The lowest BCUT2D eigenvalue weighted by molar-refractivity contribution is 0.102. The SMILES string of the molecule is CC(C)N(Cc1ccccc1)c1ccc(C(=O)Nc2ccc(F)cc2)nn1. The van der Waals surface area contributed by atoms with Crippen molar-refractivity contribution in [3.05, 3.63) is 83.8 Å². The van der Waals surface area contributed by atoms with Crippen LogP contribution in [-0.2, 0) is 6.54 Å². The third kappa shape index (κ3) is 4.88. The van der Waals surface area contributed by atoms with Gasteiger partial charge in [-0.1, -0.05) is 30.3 Å². The number of anilines is 2. The van der Waals surface area contributed by atoms with Crippen LogP contribution in [-0.4, -0.2) is 22.1 Å². The van der Waals surface area contributed by atoms with Crippen molar-refractivity contribution in [1.29, 1.82) is 0 Å². The summed E-state index contributed by atoms with van der Waals surface area (Å²) in [6.07, 6.45) is 0. The Morgan fingerprint density at radius 1 is 1.00 bits per heavy atom. The Balaban J connectivity index is 1.72. The Morgan fingerprint density at radius 2 is 1.70 bits per heavy atom. The summed E-state index contributed by atoms with van der Waals surface area (Å²) in [5, 5.41) is 11.0. The highest BCUT2D eigenvalue weighted by Crippen LogP contribution is 2.18. The monoisotopic (exact) mass is 364 g/mol. The Hall–Kier alpha value is -3.28. The third-order valence-corrected chi connectivity index (χ3v) is 4.10. The molecule has 1 amide bonds. The van der Waals surface area contributed by atoms with Crippen molar-refractivity contribution in [3.63, 3.8) is 0 Å². The van der Waals surface area contributed by atoms with Crippen LogP contribution in [0.3, 0.4) is 0 Å². The zero-order valence-corrected chi connectivity index (χ0v) is 15.3. The van der Waals surface area contributed by atoms with Crippen LogP contribution in [0.5, 0.6) is 0 Å². The third-order valence-electron chi connectivity index (χ3n) is 4.10. The van der Waals surface area contributed by atoms with Gasteiger partial charge < -0.3 is 10.2 Å². The number of rotatable bonds is 6. The van der Waals surface area contributed by atoms with E-state index >= 15 is 0 Å². The highest BCUT2D eigenvalue weighted by molar-refractivity contribution is 6.02. The molecule has 27 heavy (non-hydrogen) atoms. The van der Waals surface area contributed by atoms with E-state index in [2.05, 4.69) is 46.4 Å². The molecule has 5 nitrogen and oxygen atoms in total. The van der Waals surface area contributed by atoms with E-state index < -0.39 is 0 Å². The van der Waals surface area contributed by atoms with Crippen molar-refractivity contribution in [3.8, 4) is 0 Å². The van der Waals surface area contributed by atoms with Crippen molar-refractivity contribution in [2.24, 2.45) is 0 Å². The predicted molar refractivity (Wildman–Crippen MR) is 104 cm³/mol. The Kier molecular flexibility index (Phi) is 5.76. The fraction of sp³-hybridized carbons (Fsp3) is 0.190. The number of hydrogen-bond acceptors (Lipinski definition) is 4. The molecule has 3 rings (SSSR count). The van der Waals surface area contributed by atoms with Crippen LogP contribution < -0.4 is 10.2 Å². The van der Waals surface area contributed by atoms with E-state index in [-0.39, 0.29) is 23.5 Å². The van der Waals surface area contributed by atoms with E-state index in [1.807, 2.05) is 18.2 Å². The molecule has 0 bridgehead atoms. The minimum absolute atomic E-state index is 0.200. The van der Waals surface area contributed by atoms with Crippen LogP contribution in [0.4, 0.5) is 15.9 Å². The van der Waals surface area contributed by atoms with E-state index in [1.165, 1.54) is 29.8 Å². The molecule has 0 atom stereocenters. The number of carbonyl (C=O) groups is 1. The maximum absolute atomic E-state index is 12.9. The molecule has 0 aliphatic heterocycles. The summed E-state index contributed by atoms with van der Waals surface area (Å²) in [5.74, 6) is -0.0451. The number of aromatic nitrogens is 2. The van der Waals surface area contributed by atoms with Crippen molar-refractivity contribution in [2.75, 3.05) is 10.2 Å². The zero-order valence-electron chi connectivity index (χ0n) is 15.3. The van der Waals surface area contributed by atoms with Gasteiger partial charge in [-0.2, -0.15) is 0 Å². The minimum Gasteiger partial charge on any atom is -0.348 e. The first-order chi connectivity index (χ1) is 13.0. The second-order valence-corrected chi connectivity index (χ2v) is 6.45. The highest BCUT2D eigenvalue weighted by atomic mass is 19.1. The molecule has 0 radical (unpaired) electrons. The van der Waals surface area contributed by atoms with Crippen molar-refractivity contribution < 1.29 is 9.18 Å². The van der Waals surface area contributed by atoms with Crippen molar-refractivity contribution in [1.82, 2.24) is 10.2 Å². The summed E-state index contributed by atoms with van der Waals surface area (Å²) >= 11 is 0. The van der Waals surface area contributed by atoms with Gasteiger partial charge in [-0.15, -0.1) is 10.2 Å². The predicted octanol–water partition coefficient (Wildman–Crippen LogP) is 4.28. The van der Waals surface area contributed by atoms with E-state index in [0.29, 0.717) is 18.1 Å². The van der Waals surface area contributed by atoms with Gasteiger partial charge in [0.25, 0.3) is 5.91 Å². The summed E-state index contributed by atoms with van der Waals surface area (Å²) in [7, 11) is 0. The van der Waals surface area contributed by atoms with E-state index in [4.69, 9.17) is 0 Å². The highest BCUT2D eigenvalue weighted by Gasteiger charge is 2.15. The van der Waals surface area contributed by atoms with Gasteiger partial charge in [0, 0.05) is 18.3 Å². The molecule has 138 valence electrons. The number of nitrogens with one attached hydrogen (secondary N) is 1. The fourth-order valence-electron chi connectivity index (χ4n) is 2.64. The van der Waals surface area contributed by atoms with Gasteiger partial charge in [-0.3, -0.25) is 4.79 Å². The van der Waals surface area contributed by atoms with Crippen LogP contribution in [0.25, 0.3) is 0 Å². The molecular formula is C21H21FN4O. The van der Waals surface area contributed by atoms with Crippen LogP contribution in [0.1, 0.15) is 29.9 Å². The lowest BCUT2D eigenvalue weighted by Gasteiger charge is -2.27. The van der Waals surface area contributed by atoms with E-state index in [9.17, 15) is 9.18 Å². The molecule has 0 fully saturated rings. The molecule has 6 heteroatoms. The van der Waals surface area contributed by atoms with Gasteiger partial charge in [0.05, 0.1) is 0 Å². The van der Waals surface area contributed by atoms with Gasteiger partial charge >= 0.3 is 0 Å². The average Bonchev–Trinajstić information content (AvgIpc) is 2.68. The molecule has 2 aromatic carbocycles. The summed E-state index contributed by atoms with van der Waals surface area (Å²) < 4.78 is 12.9.